The molecule has 0 bridgehead atoms. The van der Waals surface area contributed by atoms with Crippen molar-refractivity contribution >= 4 is 112 Å². The molecule has 8 atom stereocenters. The number of H-pyrrole nitrogens is 1. The van der Waals surface area contributed by atoms with Crippen LogP contribution < -0.4 is 21.3 Å². The normalized spacial score (nSPS) is 19.6. The van der Waals surface area contributed by atoms with Crippen LogP contribution in [0.25, 0.3) is 90.0 Å². The Labute approximate surface area is 677 Å². The number of aromatic nitrogens is 12. The van der Waals surface area contributed by atoms with Crippen molar-refractivity contribution in [3.05, 3.63) is 116 Å². The molecular weight excluding hydrogens is 1550 g/mol. The summed E-state index contributed by atoms with van der Waals surface area (Å²) in [5.41, 5.74) is 5.79. The van der Waals surface area contributed by atoms with Crippen LogP contribution in [0.5, 0.6) is 0 Å². The van der Waals surface area contributed by atoms with Crippen LogP contribution >= 0.6 is 0 Å². The molecule has 0 unspecified atom stereocenters. The molecule has 119 heavy (non-hydrogen) atoms. The van der Waals surface area contributed by atoms with Crippen molar-refractivity contribution in [2.45, 2.75) is 127 Å². The molecule has 0 radical (unpaired) electrons. The Morgan fingerprint density at radius 3 is 1.48 bits per heavy atom. The molecule has 38 heteroatoms. The van der Waals surface area contributed by atoms with Crippen LogP contribution in [0.4, 0.5) is 27.1 Å². The smallest absolute Gasteiger partial charge is 0.238 e. The SMILES string of the molecule is CC(=O)c1coc(-c2cnc3c(ccn3C[C@H]3C[C@@H](Nc4c(-c5ncc(S(C)(=O)=O)o5)cnc5[nH]ccc45)CN(C(=O)CC#N)C3)c2N[C@@H]2C[C@H](Cn3ccc4c(N[C@@H]5C[C@H](n6ccc7c(N[C@@H]8C[C@H](C)CN(C(=O)CC#N)C8)c(-c8ncc(CF)o8)cnc76)CN(C(=O)CC#N)C5)c(-c5ncc(C(C)=O)o5)cnc43)CN(C(=O)CC#N)C2)n1. The number of aromatic amines is 1. The van der Waals surface area contributed by atoms with E-state index in [4.69, 9.17) is 32.6 Å². The lowest BCUT2D eigenvalue weighted by Crippen LogP contribution is -2.49. The number of nitrogens with one attached hydrogen (secondary N) is 5. The molecule has 4 aliphatic heterocycles. The number of halogens is 1. The number of nitriles is 4. The number of sulfone groups is 1. The third kappa shape index (κ3) is 16.1. The second-order valence-corrected chi connectivity index (χ2v) is 32.8. The monoisotopic (exact) mass is 1630 g/mol. The summed E-state index contributed by atoms with van der Waals surface area (Å²) in [6, 6.07) is 13.1. The molecule has 608 valence electrons. The molecule has 0 aliphatic carbocycles. The summed E-state index contributed by atoms with van der Waals surface area (Å²) in [6.07, 6.45) is 20.2. The zero-order valence-corrected chi connectivity index (χ0v) is 65.8. The van der Waals surface area contributed by atoms with Gasteiger partial charge in [0, 0.05) is 181 Å². The Kier molecular flexibility index (Phi) is 21.7. The predicted molar refractivity (Wildman–Crippen MR) is 426 cm³/mol. The maximum atomic E-state index is 14.2. The number of carbonyl (C=O) groups is 6. The first kappa shape index (κ1) is 78.7. The first-order valence-electron chi connectivity index (χ1n) is 38.7. The van der Waals surface area contributed by atoms with Gasteiger partial charge >= 0.3 is 0 Å². The van der Waals surface area contributed by atoms with E-state index in [-0.39, 0.29) is 152 Å². The molecule has 16 rings (SSSR count). The van der Waals surface area contributed by atoms with Gasteiger partial charge in [-0.15, -0.1) is 0 Å². The summed E-state index contributed by atoms with van der Waals surface area (Å²) in [5, 5.41) is 56.2. The number of rotatable bonds is 25. The molecule has 12 aromatic rings. The fourth-order valence-electron chi connectivity index (χ4n) is 17.0. The molecule has 4 aliphatic rings. The minimum Gasteiger partial charge on any atom is -0.444 e. The third-order valence-electron chi connectivity index (χ3n) is 22.3. The zero-order valence-electron chi connectivity index (χ0n) is 65.0. The van der Waals surface area contributed by atoms with Crippen molar-refractivity contribution in [2.75, 3.05) is 79.9 Å². The van der Waals surface area contributed by atoms with Gasteiger partial charge in [0.1, 0.15) is 66.9 Å². The number of anilines is 4. The van der Waals surface area contributed by atoms with Gasteiger partial charge < -0.3 is 77.2 Å². The fourth-order valence-corrected chi connectivity index (χ4v) is 17.5. The fraction of sp³-hybridized carbons (Fsp3) is 0.383. The van der Waals surface area contributed by atoms with Gasteiger partial charge in [-0.05, 0) is 67.7 Å². The largest absolute Gasteiger partial charge is 0.444 e. The van der Waals surface area contributed by atoms with Crippen molar-refractivity contribution in [1.29, 1.82) is 21.0 Å². The summed E-state index contributed by atoms with van der Waals surface area (Å²) in [7, 11) is -3.77. The number of likely N-dealkylation sites (tertiary alicyclic amines) is 4. The standard InChI is InChI=1S/C81H79FN24O12S/c1-44-21-49(38-102(33-44)65(109)5-13-83)95-73-58-12-20-106(77(58)91-29-60(73)78-92-26-54(25-82)116-78)53-24-52(41-105(42-53)68(112)8-16-86)98-71-56-10-18-100(75(56)89-28-61(71)79-93-31-64(117-79)46(3)108)35-48-23-51(40-104(37-48)67(111)7-15-85)97-72-57-11-19-101(76(57)90-30-62(72)81-99-63(43-115-81)45(2)107)34-47-22-50(39-103(36-47)66(110)6-14-84)96-70-55-9-17-87-74(55)88-27-59(70)80-94-32-69(118-80)119(4,113)114/h9-12,17-20,26-32,43-44,47-53H,5-8,21-25,33-42H2,1-4H3,(H,89,98)(H,90,97)(H,91,95)(H2,87,88,96)/t44-,47+,48+,49+,50+,51+,52+,53-/m0/s1. The summed E-state index contributed by atoms with van der Waals surface area (Å²) in [4.78, 5) is 128. The van der Waals surface area contributed by atoms with E-state index in [9.17, 15) is 62.6 Å². The van der Waals surface area contributed by atoms with Crippen molar-refractivity contribution in [1.82, 2.24) is 78.2 Å². The number of hydrogen-bond acceptors (Lipinski definition) is 28. The van der Waals surface area contributed by atoms with Gasteiger partial charge in [-0.3, -0.25) is 28.8 Å². The van der Waals surface area contributed by atoms with E-state index in [1.807, 2.05) is 87.8 Å². The van der Waals surface area contributed by atoms with Crippen LogP contribution in [0.3, 0.4) is 0 Å². The highest BCUT2D eigenvalue weighted by Crippen LogP contribution is 2.44. The molecule has 0 spiro atoms. The summed E-state index contributed by atoms with van der Waals surface area (Å²) >= 11 is 0. The third-order valence-corrected chi connectivity index (χ3v) is 23.2. The topological polar surface area (TPSA) is 479 Å². The van der Waals surface area contributed by atoms with E-state index in [1.54, 1.807) is 44.4 Å². The first-order chi connectivity index (χ1) is 57.5. The van der Waals surface area contributed by atoms with Gasteiger partial charge in [0.25, 0.3) is 0 Å². The number of ketones is 2. The number of amides is 4. The van der Waals surface area contributed by atoms with Crippen LogP contribution in [0, 0.1) is 63.1 Å². The van der Waals surface area contributed by atoms with E-state index in [0.717, 1.165) is 12.5 Å². The molecule has 4 fully saturated rings. The average molecular weight is 1630 g/mol. The number of oxazole rings is 4. The number of Topliss-reactive ketones (excluding diaryl/α,β-unsaturated/α-hetero) is 2. The van der Waals surface area contributed by atoms with Crippen molar-refractivity contribution in [3.63, 3.8) is 0 Å². The second kappa shape index (κ2) is 32.9. The quantitative estimate of drug-likeness (QED) is 0.0332. The van der Waals surface area contributed by atoms with Crippen LogP contribution in [0.15, 0.2) is 121 Å². The Morgan fingerprint density at radius 2 is 0.975 bits per heavy atom. The van der Waals surface area contributed by atoms with E-state index in [2.05, 4.69) is 51.2 Å². The molecular formula is C81H79FN24O12S. The van der Waals surface area contributed by atoms with Crippen molar-refractivity contribution in [2.24, 2.45) is 17.8 Å². The first-order valence-corrected chi connectivity index (χ1v) is 40.6. The molecule has 12 aromatic heterocycles. The zero-order chi connectivity index (χ0) is 83.1. The van der Waals surface area contributed by atoms with Crippen LogP contribution in [0.1, 0.15) is 105 Å². The van der Waals surface area contributed by atoms with Gasteiger partial charge in [-0.1, -0.05) is 6.92 Å². The maximum absolute atomic E-state index is 14.2. The average Bonchev–Trinajstić information content (AvgIpc) is 1.82. The summed E-state index contributed by atoms with van der Waals surface area (Å²) < 4.78 is 68.9. The lowest BCUT2D eigenvalue weighted by molar-refractivity contribution is -0.133. The van der Waals surface area contributed by atoms with Crippen LogP contribution in [0.2, 0.25) is 0 Å². The van der Waals surface area contributed by atoms with Crippen molar-refractivity contribution < 1.29 is 59.2 Å². The number of alkyl halides is 1. The predicted octanol–water partition coefficient (Wildman–Crippen LogP) is 9.73. The second-order valence-electron chi connectivity index (χ2n) is 30.8. The Balaban J connectivity index is 0.711. The van der Waals surface area contributed by atoms with Crippen LogP contribution in [-0.4, -0.2) is 205 Å². The highest BCUT2D eigenvalue weighted by atomic mass is 32.2. The van der Waals surface area contributed by atoms with Crippen molar-refractivity contribution in [3.8, 4) is 70.1 Å². The Hall–Kier alpha value is -14.1. The van der Waals surface area contributed by atoms with E-state index in [0.29, 0.717) is 134 Å². The minimum absolute atomic E-state index is 0.000108. The maximum Gasteiger partial charge on any atom is 0.238 e. The molecule has 0 aromatic carbocycles. The number of pyridine rings is 4. The molecule has 16 heterocycles. The number of fused-ring (bicyclic) bond motifs is 4. The summed E-state index contributed by atoms with van der Waals surface area (Å²) in [5.74, 6) is -2.43. The summed E-state index contributed by atoms with van der Waals surface area (Å²) in [6.45, 7) is 6.39. The van der Waals surface area contributed by atoms with E-state index >= 15 is 0 Å². The number of carbonyl (C=O) groups excluding carboxylic acids is 6. The van der Waals surface area contributed by atoms with Gasteiger partial charge in [-0.25, -0.2) is 52.7 Å². The highest BCUT2D eigenvalue weighted by Gasteiger charge is 2.39. The number of nitrogens with zero attached hydrogens (tertiary/aromatic N) is 19. The molecule has 36 nitrogen and oxygen atoms in total. The van der Waals surface area contributed by atoms with Crippen LogP contribution in [-0.2, 0) is 48.8 Å². The van der Waals surface area contributed by atoms with Gasteiger partial charge in [0.2, 0.25) is 62.1 Å². The lowest BCUT2D eigenvalue weighted by Gasteiger charge is -2.39. The number of hydrogen-bond donors (Lipinski definition) is 5. The molecule has 5 N–H and O–H groups in total. The van der Waals surface area contributed by atoms with Gasteiger partial charge in [-0.2, -0.15) is 21.0 Å². The van der Waals surface area contributed by atoms with Gasteiger partial charge in [0.05, 0.1) is 93.9 Å². The van der Waals surface area contributed by atoms with Gasteiger partial charge in [0.15, 0.2) is 23.1 Å². The van der Waals surface area contributed by atoms with E-state index in [1.165, 1.54) is 38.7 Å². The highest BCUT2D eigenvalue weighted by molar-refractivity contribution is 7.90. The minimum atomic E-state index is -3.77. The Bertz CT molecular complexity index is 6300. The number of piperidine rings is 4. The lowest BCUT2D eigenvalue weighted by atomic mass is 9.93. The molecule has 4 saturated heterocycles. The Morgan fingerprint density at radius 1 is 0.513 bits per heavy atom. The van der Waals surface area contributed by atoms with E-state index < -0.39 is 65.3 Å². The molecule has 4 amide bonds. The molecule has 0 saturated carbocycles.